The number of carboxylic acid groups (broad SMARTS) is 1. The van der Waals surface area contributed by atoms with E-state index < -0.39 is 5.97 Å². The molecule has 6 nitrogen and oxygen atoms in total. The highest BCUT2D eigenvalue weighted by atomic mass is 32.2. The Hall–Kier alpha value is -1.24. The van der Waals surface area contributed by atoms with Crippen molar-refractivity contribution in [1.82, 2.24) is 14.9 Å². The van der Waals surface area contributed by atoms with Crippen molar-refractivity contribution in [1.29, 1.82) is 0 Å². The van der Waals surface area contributed by atoms with Crippen LogP contribution in [0, 0.1) is 5.92 Å². The van der Waals surface area contributed by atoms with E-state index >= 15 is 0 Å². The van der Waals surface area contributed by atoms with Crippen LogP contribution in [0.5, 0.6) is 0 Å². The molecule has 0 aromatic carbocycles. The minimum atomic E-state index is -0.874. The van der Waals surface area contributed by atoms with Gasteiger partial charge in [-0.05, 0) is 31.6 Å². The van der Waals surface area contributed by atoms with Crippen molar-refractivity contribution in [2.75, 3.05) is 11.6 Å². The van der Waals surface area contributed by atoms with E-state index in [1.165, 1.54) is 36.8 Å². The van der Waals surface area contributed by atoms with Gasteiger partial charge in [-0.15, -0.1) is 10.2 Å². The Kier molecular flexibility index (Phi) is 5.90. The number of hydrogen-bond acceptors (Lipinski definition) is 5. The summed E-state index contributed by atoms with van der Waals surface area (Å²) >= 11 is 1.12. The third-order valence-corrected chi connectivity index (χ3v) is 5.12. The molecule has 0 unspecified atom stereocenters. The summed E-state index contributed by atoms with van der Waals surface area (Å²) in [6, 6.07) is 0. The van der Waals surface area contributed by atoms with E-state index in [1.54, 1.807) is 0 Å². The van der Waals surface area contributed by atoms with Gasteiger partial charge in [0.2, 0.25) is 5.16 Å². The predicted octanol–water partition coefficient (Wildman–Crippen LogP) is 2.63. The van der Waals surface area contributed by atoms with Gasteiger partial charge in [0, 0.05) is 5.92 Å². The normalized spacial score (nSPS) is 22.3. The lowest BCUT2D eigenvalue weighted by Gasteiger charge is -2.27. The van der Waals surface area contributed by atoms with E-state index in [2.05, 4.69) is 17.1 Å². The number of aromatic nitrogens is 3. The molecule has 1 aliphatic carbocycles. The number of hydrogen-bond donors (Lipinski definition) is 2. The third kappa shape index (κ3) is 4.36. The lowest BCUT2D eigenvalue weighted by atomic mass is 9.79. The summed E-state index contributed by atoms with van der Waals surface area (Å²) in [5.41, 5.74) is 0. The summed E-state index contributed by atoms with van der Waals surface area (Å²) in [6.45, 7) is 2.23. The summed E-state index contributed by atoms with van der Waals surface area (Å²) in [7, 11) is 0. The molecular formula is C14H24N4O2S. The van der Waals surface area contributed by atoms with Gasteiger partial charge in [-0.2, -0.15) is 0 Å². The minimum absolute atomic E-state index is 0.0426. The number of unbranched alkanes of at least 4 members (excludes halogenated alkanes) is 1. The van der Waals surface area contributed by atoms with Crippen molar-refractivity contribution in [2.24, 2.45) is 5.92 Å². The first kappa shape index (κ1) is 16.1. The highest BCUT2D eigenvalue weighted by Crippen LogP contribution is 2.37. The second kappa shape index (κ2) is 7.68. The van der Waals surface area contributed by atoms with Gasteiger partial charge in [-0.25, -0.2) is 4.68 Å². The summed E-state index contributed by atoms with van der Waals surface area (Å²) < 4.78 is 1.48. The number of nitrogens with zero attached hydrogens (tertiary/aromatic N) is 3. The Morgan fingerprint density at radius 3 is 2.71 bits per heavy atom. The highest BCUT2D eigenvalue weighted by Gasteiger charge is 2.26. The van der Waals surface area contributed by atoms with Gasteiger partial charge < -0.3 is 10.9 Å². The molecule has 1 saturated carbocycles. The van der Waals surface area contributed by atoms with Crippen LogP contribution in [0.3, 0.4) is 0 Å². The van der Waals surface area contributed by atoms with Crippen LogP contribution in [0.2, 0.25) is 0 Å². The van der Waals surface area contributed by atoms with Crippen LogP contribution in [-0.4, -0.2) is 31.7 Å². The second-order valence-corrected chi connectivity index (χ2v) is 6.70. The monoisotopic (exact) mass is 312 g/mol. The summed E-state index contributed by atoms with van der Waals surface area (Å²) in [5.74, 6) is 7.10. The Balaban J connectivity index is 1.90. The van der Waals surface area contributed by atoms with Crippen molar-refractivity contribution < 1.29 is 9.90 Å². The van der Waals surface area contributed by atoms with Crippen molar-refractivity contribution in [3.05, 3.63) is 5.82 Å². The molecule has 3 N–H and O–H groups in total. The summed E-state index contributed by atoms with van der Waals surface area (Å²) in [6.07, 6.45) is 8.59. The first-order valence-corrected chi connectivity index (χ1v) is 8.65. The number of rotatable bonds is 7. The topological polar surface area (TPSA) is 94.0 Å². The van der Waals surface area contributed by atoms with Gasteiger partial charge in [0.05, 0.1) is 5.75 Å². The molecule has 2 rings (SSSR count). The van der Waals surface area contributed by atoms with Crippen molar-refractivity contribution in [2.45, 2.75) is 62.9 Å². The first-order chi connectivity index (χ1) is 10.1. The van der Waals surface area contributed by atoms with Gasteiger partial charge in [0.1, 0.15) is 0 Å². The van der Waals surface area contributed by atoms with Crippen LogP contribution in [0.1, 0.15) is 63.6 Å². The van der Waals surface area contributed by atoms with E-state index in [4.69, 9.17) is 10.9 Å². The zero-order valence-electron chi connectivity index (χ0n) is 12.5. The Morgan fingerprint density at radius 1 is 1.38 bits per heavy atom. The Labute approximate surface area is 129 Å². The van der Waals surface area contributed by atoms with E-state index in [-0.39, 0.29) is 5.75 Å². The quantitative estimate of drug-likeness (QED) is 0.594. The number of nitrogens with two attached hydrogens (primary N) is 1. The molecule has 0 aliphatic heterocycles. The van der Waals surface area contributed by atoms with Gasteiger partial charge in [0.15, 0.2) is 5.82 Å². The lowest BCUT2D eigenvalue weighted by Crippen LogP contribution is -2.21. The molecule has 0 radical (unpaired) electrons. The Bertz CT molecular complexity index is 470. The molecule has 0 spiro atoms. The molecule has 1 aromatic rings. The fourth-order valence-corrected chi connectivity index (χ4v) is 3.58. The number of carboxylic acids is 1. The van der Waals surface area contributed by atoms with Crippen LogP contribution in [-0.2, 0) is 4.79 Å². The zero-order chi connectivity index (χ0) is 15.2. The number of carbonyl (C=O) groups is 1. The SMILES string of the molecule is CCCCC1CCC(c2nnc(SCC(=O)O)n2N)CC1. The van der Waals surface area contributed by atoms with Gasteiger partial charge in [0.25, 0.3) is 0 Å². The molecule has 1 fully saturated rings. The number of aliphatic carboxylic acids is 1. The Morgan fingerprint density at radius 2 is 2.10 bits per heavy atom. The van der Waals surface area contributed by atoms with Crippen LogP contribution >= 0.6 is 11.8 Å². The van der Waals surface area contributed by atoms with E-state index in [9.17, 15) is 4.79 Å². The van der Waals surface area contributed by atoms with E-state index in [1.807, 2.05) is 0 Å². The molecule has 21 heavy (non-hydrogen) atoms. The predicted molar refractivity (Wildman–Crippen MR) is 82.8 cm³/mol. The van der Waals surface area contributed by atoms with Crippen LogP contribution in [0.15, 0.2) is 5.16 Å². The third-order valence-electron chi connectivity index (χ3n) is 4.19. The number of thioether (sulfide) groups is 1. The fourth-order valence-electron chi connectivity index (χ4n) is 2.99. The van der Waals surface area contributed by atoms with Crippen molar-refractivity contribution in [3.63, 3.8) is 0 Å². The number of nitrogen functional groups attached to an aromatic ring is 1. The molecule has 0 saturated heterocycles. The zero-order valence-corrected chi connectivity index (χ0v) is 13.3. The highest BCUT2D eigenvalue weighted by molar-refractivity contribution is 7.99. The molecule has 1 aromatic heterocycles. The largest absolute Gasteiger partial charge is 0.481 e. The molecular weight excluding hydrogens is 288 g/mol. The van der Waals surface area contributed by atoms with E-state index in [0.717, 1.165) is 36.3 Å². The van der Waals surface area contributed by atoms with Gasteiger partial charge >= 0.3 is 5.97 Å². The maximum atomic E-state index is 10.6. The fraction of sp³-hybridized carbons (Fsp3) is 0.786. The first-order valence-electron chi connectivity index (χ1n) is 7.66. The minimum Gasteiger partial charge on any atom is -0.481 e. The average Bonchev–Trinajstić information content (AvgIpc) is 2.84. The van der Waals surface area contributed by atoms with Gasteiger partial charge in [-0.3, -0.25) is 4.79 Å². The molecule has 0 amide bonds. The summed E-state index contributed by atoms with van der Waals surface area (Å²) in [5, 5.41) is 17.4. The maximum Gasteiger partial charge on any atom is 0.313 e. The average molecular weight is 312 g/mol. The smallest absolute Gasteiger partial charge is 0.313 e. The van der Waals surface area contributed by atoms with Crippen LogP contribution in [0.25, 0.3) is 0 Å². The maximum absolute atomic E-state index is 10.6. The van der Waals surface area contributed by atoms with Gasteiger partial charge in [-0.1, -0.05) is 37.9 Å². The standard InChI is InChI=1S/C14H24N4O2S/c1-2-3-4-10-5-7-11(8-6-10)13-16-17-14(18(13)15)21-9-12(19)20/h10-11H,2-9,15H2,1H3,(H,19,20). The second-order valence-electron chi connectivity index (χ2n) is 5.75. The van der Waals surface area contributed by atoms with Crippen LogP contribution in [0.4, 0.5) is 0 Å². The molecule has 7 heteroatoms. The van der Waals surface area contributed by atoms with Crippen LogP contribution < -0.4 is 5.84 Å². The van der Waals surface area contributed by atoms with Crippen molar-refractivity contribution in [3.8, 4) is 0 Å². The molecule has 0 bridgehead atoms. The van der Waals surface area contributed by atoms with E-state index in [0.29, 0.717) is 11.1 Å². The molecule has 1 aliphatic rings. The molecule has 118 valence electrons. The molecule has 1 heterocycles. The summed E-state index contributed by atoms with van der Waals surface area (Å²) in [4.78, 5) is 10.6. The van der Waals surface area contributed by atoms with Crippen molar-refractivity contribution >= 4 is 17.7 Å². The molecule has 0 atom stereocenters. The lowest BCUT2D eigenvalue weighted by molar-refractivity contribution is -0.133.